The van der Waals surface area contributed by atoms with E-state index in [0.29, 0.717) is 11.1 Å². The molecule has 3 nitrogen and oxygen atoms in total. The van der Waals surface area contributed by atoms with Crippen LogP contribution in [0.4, 0.5) is 17.6 Å². The van der Waals surface area contributed by atoms with Gasteiger partial charge in [0.25, 0.3) is 0 Å². The van der Waals surface area contributed by atoms with Gasteiger partial charge in [0, 0.05) is 11.8 Å². The van der Waals surface area contributed by atoms with Gasteiger partial charge in [-0.2, -0.15) is 0 Å². The van der Waals surface area contributed by atoms with Gasteiger partial charge in [-0.3, -0.25) is 4.79 Å². The Kier molecular flexibility index (Phi) is 7.38. The van der Waals surface area contributed by atoms with Crippen molar-refractivity contribution in [1.82, 2.24) is 0 Å². The fourth-order valence-corrected chi connectivity index (χ4v) is 3.70. The number of hydrogen-bond acceptors (Lipinski definition) is 3. The van der Waals surface area contributed by atoms with Crippen molar-refractivity contribution in [2.24, 2.45) is 0 Å². The van der Waals surface area contributed by atoms with Crippen molar-refractivity contribution in [1.29, 1.82) is 0 Å². The lowest BCUT2D eigenvalue weighted by atomic mass is 9.85. The Morgan fingerprint density at radius 3 is 1.28 bits per heavy atom. The van der Waals surface area contributed by atoms with Crippen molar-refractivity contribution in [2.75, 3.05) is 0 Å². The van der Waals surface area contributed by atoms with Crippen molar-refractivity contribution in [3.63, 3.8) is 0 Å². The predicted octanol–water partition coefficient (Wildman–Crippen LogP) is 8.30. The molecule has 0 bridgehead atoms. The van der Waals surface area contributed by atoms with E-state index >= 15 is 0 Å². The van der Waals surface area contributed by atoms with Gasteiger partial charge in [-0.25, -0.2) is 17.6 Å². The summed E-state index contributed by atoms with van der Waals surface area (Å²) in [6.07, 6.45) is 0. The van der Waals surface area contributed by atoms with E-state index in [-0.39, 0.29) is 28.8 Å². The van der Waals surface area contributed by atoms with E-state index in [9.17, 15) is 22.4 Å². The first-order valence-corrected chi connectivity index (χ1v) is 11.2. The molecule has 7 heteroatoms. The summed E-state index contributed by atoms with van der Waals surface area (Å²) in [5.41, 5.74) is 0.875. The highest BCUT2D eigenvalue weighted by atomic mass is 19.1. The molecule has 0 saturated heterocycles. The van der Waals surface area contributed by atoms with Crippen molar-refractivity contribution in [2.45, 2.75) is 25.7 Å². The number of carbonyl (C=O) groups is 1. The third-order valence-corrected chi connectivity index (χ3v) is 5.85. The van der Waals surface area contributed by atoms with Crippen molar-refractivity contribution < 1.29 is 31.8 Å². The molecule has 0 saturated carbocycles. The second-order valence-electron chi connectivity index (χ2n) is 8.34. The molecular formula is C29H22F4O3. The van der Waals surface area contributed by atoms with E-state index in [4.69, 9.17) is 9.47 Å². The minimum atomic E-state index is -0.674. The van der Waals surface area contributed by atoms with Gasteiger partial charge in [-0.15, -0.1) is 0 Å². The first kappa shape index (κ1) is 25.0. The number of benzene rings is 4. The molecule has 0 aliphatic rings. The summed E-state index contributed by atoms with van der Waals surface area (Å²) >= 11 is 0. The van der Waals surface area contributed by atoms with Crippen LogP contribution in [0.5, 0.6) is 23.0 Å². The molecule has 0 aliphatic carbocycles. The van der Waals surface area contributed by atoms with E-state index in [2.05, 4.69) is 0 Å². The topological polar surface area (TPSA) is 35.5 Å². The van der Waals surface area contributed by atoms with Crippen molar-refractivity contribution >= 4 is 5.78 Å². The summed E-state index contributed by atoms with van der Waals surface area (Å²) < 4.78 is 66.3. The van der Waals surface area contributed by atoms with Crippen molar-refractivity contribution in [3.8, 4) is 23.0 Å². The van der Waals surface area contributed by atoms with Crippen LogP contribution in [0.15, 0.2) is 84.9 Å². The Morgan fingerprint density at radius 2 is 0.944 bits per heavy atom. The summed E-state index contributed by atoms with van der Waals surface area (Å²) in [5, 5.41) is 0. The Morgan fingerprint density at radius 1 is 0.583 bits per heavy atom. The molecule has 0 spiro atoms. The maximum absolute atomic E-state index is 14.7. The molecule has 0 heterocycles. The molecule has 0 radical (unpaired) electrons. The van der Waals surface area contributed by atoms with Crippen LogP contribution in [0, 0.1) is 23.3 Å². The average molecular weight is 494 g/mol. The summed E-state index contributed by atoms with van der Waals surface area (Å²) in [7, 11) is 0. The van der Waals surface area contributed by atoms with Crippen LogP contribution in [-0.2, 0) is 4.79 Å². The van der Waals surface area contributed by atoms with E-state index in [1.807, 2.05) is 0 Å². The second kappa shape index (κ2) is 10.6. The Labute approximate surface area is 205 Å². The molecule has 2 atom stereocenters. The molecule has 184 valence electrons. The zero-order chi connectivity index (χ0) is 25.8. The number of carbonyl (C=O) groups excluding carboxylic acids is 1. The van der Waals surface area contributed by atoms with Gasteiger partial charge < -0.3 is 9.47 Å². The molecule has 0 N–H and O–H groups in total. The third-order valence-electron chi connectivity index (χ3n) is 5.85. The molecule has 4 aromatic carbocycles. The molecule has 0 amide bonds. The van der Waals surface area contributed by atoms with Gasteiger partial charge in [0.1, 0.15) is 28.9 Å². The van der Waals surface area contributed by atoms with Crippen LogP contribution in [0.2, 0.25) is 0 Å². The zero-order valence-electron chi connectivity index (χ0n) is 19.5. The fraction of sp³-hybridized carbons (Fsp3) is 0.138. The first-order valence-electron chi connectivity index (χ1n) is 11.2. The van der Waals surface area contributed by atoms with Crippen LogP contribution in [0.3, 0.4) is 0 Å². The first-order chi connectivity index (χ1) is 17.2. The molecule has 2 unspecified atom stereocenters. The Hall–Kier alpha value is -4.13. The predicted molar refractivity (Wildman–Crippen MR) is 128 cm³/mol. The van der Waals surface area contributed by atoms with E-state index in [1.54, 1.807) is 26.0 Å². The quantitative estimate of drug-likeness (QED) is 0.231. The van der Waals surface area contributed by atoms with E-state index in [0.717, 1.165) is 0 Å². The van der Waals surface area contributed by atoms with E-state index < -0.39 is 35.1 Å². The molecule has 0 aromatic heterocycles. The SMILES string of the molecule is CC(C(=O)C(C)c1ccc(Oc2ccc(F)cc2)c(F)c1)c1ccc(Oc2ccc(F)cc2)c(F)c1. The normalized spacial score (nSPS) is 12.6. The number of ether oxygens (including phenoxy) is 2. The lowest BCUT2D eigenvalue weighted by Gasteiger charge is -2.18. The van der Waals surface area contributed by atoms with Gasteiger partial charge in [0.2, 0.25) is 0 Å². The number of hydrogen-bond donors (Lipinski definition) is 0. The van der Waals surface area contributed by atoms with Gasteiger partial charge in [-0.05, 0) is 83.9 Å². The smallest absolute Gasteiger partial charge is 0.166 e. The molecule has 0 fully saturated rings. The molecule has 0 aliphatic heterocycles. The lowest BCUT2D eigenvalue weighted by molar-refractivity contribution is -0.121. The fourth-order valence-electron chi connectivity index (χ4n) is 3.70. The minimum Gasteiger partial charge on any atom is -0.454 e. The third kappa shape index (κ3) is 5.74. The highest BCUT2D eigenvalue weighted by molar-refractivity contribution is 5.91. The van der Waals surface area contributed by atoms with Crippen LogP contribution in [-0.4, -0.2) is 5.78 Å². The molecular weight excluding hydrogens is 472 g/mol. The highest BCUT2D eigenvalue weighted by Gasteiger charge is 2.25. The summed E-state index contributed by atoms with van der Waals surface area (Å²) in [4.78, 5) is 13.1. The van der Waals surface area contributed by atoms with Crippen molar-refractivity contribution in [3.05, 3.63) is 119 Å². The number of Topliss-reactive ketones (excluding diaryl/α,β-unsaturated/α-hetero) is 1. The molecule has 4 aromatic rings. The van der Waals surface area contributed by atoms with Gasteiger partial charge in [0.05, 0.1) is 0 Å². The summed E-state index contributed by atoms with van der Waals surface area (Å²) in [6, 6.07) is 18.7. The number of rotatable bonds is 8. The Balaban J connectivity index is 1.45. The lowest BCUT2D eigenvalue weighted by Crippen LogP contribution is -2.17. The highest BCUT2D eigenvalue weighted by Crippen LogP contribution is 2.33. The van der Waals surface area contributed by atoms with Crippen LogP contribution >= 0.6 is 0 Å². The summed E-state index contributed by atoms with van der Waals surface area (Å²) in [5.74, 6) is -3.36. The van der Waals surface area contributed by atoms with E-state index in [1.165, 1.54) is 72.8 Å². The Bertz CT molecular complexity index is 1260. The molecule has 36 heavy (non-hydrogen) atoms. The standard InChI is InChI=1S/C29H22F4O3/c1-17(19-3-13-27(25(32)15-19)35-23-9-5-21(30)6-10-23)29(34)18(2)20-4-14-28(26(33)16-20)36-24-11-7-22(31)8-12-24/h3-18H,1-2H3. The number of ketones is 1. The van der Waals surface area contributed by atoms with Gasteiger partial charge in [-0.1, -0.05) is 26.0 Å². The monoisotopic (exact) mass is 494 g/mol. The minimum absolute atomic E-state index is 0.0585. The van der Waals surface area contributed by atoms with Crippen LogP contribution in [0.1, 0.15) is 36.8 Å². The maximum atomic E-state index is 14.7. The molecule has 4 rings (SSSR count). The summed E-state index contributed by atoms with van der Waals surface area (Å²) in [6.45, 7) is 3.30. The van der Waals surface area contributed by atoms with Crippen LogP contribution < -0.4 is 9.47 Å². The van der Waals surface area contributed by atoms with Gasteiger partial charge >= 0.3 is 0 Å². The zero-order valence-corrected chi connectivity index (χ0v) is 19.5. The number of halogens is 4. The van der Waals surface area contributed by atoms with Gasteiger partial charge in [0.15, 0.2) is 23.1 Å². The second-order valence-corrected chi connectivity index (χ2v) is 8.34. The maximum Gasteiger partial charge on any atom is 0.166 e. The largest absolute Gasteiger partial charge is 0.454 e. The van der Waals surface area contributed by atoms with Crippen LogP contribution in [0.25, 0.3) is 0 Å². The average Bonchev–Trinajstić information content (AvgIpc) is 2.87.